The number of nitrogens with two attached hydrogens (primary N) is 1. The van der Waals surface area contributed by atoms with Crippen molar-refractivity contribution in [1.82, 2.24) is 10.3 Å². The molecule has 0 fully saturated rings. The molecule has 0 spiro atoms. The molecule has 1 amide bonds. The van der Waals surface area contributed by atoms with E-state index < -0.39 is 18.5 Å². The molecule has 1 heterocycles. The molecule has 1 aromatic heterocycles. The zero-order valence-electron chi connectivity index (χ0n) is 10.4. The normalized spacial score (nSPS) is 11.2. The average Bonchev–Trinajstić information content (AvgIpc) is 2.36. The van der Waals surface area contributed by atoms with Gasteiger partial charge in [-0.05, 0) is 18.9 Å². The number of amides is 1. The molecule has 20 heavy (non-hydrogen) atoms. The van der Waals surface area contributed by atoms with Gasteiger partial charge in [0.2, 0.25) is 0 Å². The highest BCUT2D eigenvalue weighted by atomic mass is 35.5. The minimum absolute atomic E-state index is 0.0290. The number of pyridine rings is 1. The predicted molar refractivity (Wildman–Crippen MR) is 69.3 cm³/mol. The smallest absolute Gasteiger partial charge is 0.352 e. The van der Waals surface area contributed by atoms with Gasteiger partial charge in [-0.3, -0.25) is 4.79 Å². The van der Waals surface area contributed by atoms with E-state index in [0.29, 0.717) is 0 Å². The SMILES string of the molecule is NNc1ncc(C(=O)NCCCCC(F)(F)F)cc1Cl. The number of hydrazine groups is 1. The van der Waals surface area contributed by atoms with E-state index in [9.17, 15) is 18.0 Å². The second-order valence-electron chi connectivity index (χ2n) is 4.03. The van der Waals surface area contributed by atoms with Crippen LogP contribution in [0.2, 0.25) is 5.02 Å². The van der Waals surface area contributed by atoms with Gasteiger partial charge < -0.3 is 10.7 Å². The third-order valence-corrected chi connectivity index (χ3v) is 2.70. The molecule has 5 nitrogen and oxygen atoms in total. The summed E-state index contributed by atoms with van der Waals surface area (Å²) in [6.07, 6.45) is -3.53. The topological polar surface area (TPSA) is 80.0 Å². The van der Waals surface area contributed by atoms with Gasteiger partial charge in [0.1, 0.15) is 0 Å². The summed E-state index contributed by atoms with van der Waals surface area (Å²) in [5.41, 5.74) is 2.47. The van der Waals surface area contributed by atoms with Crippen molar-refractivity contribution >= 4 is 23.3 Å². The summed E-state index contributed by atoms with van der Waals surface area (Å²) in [7, 11) is 0. The summed E-state index contributed by atoms with van der Waals surface area (Å²) in [5, 5.41) is 2.67. The van der Waals surface area contributed by atoms with Crippen LogP contribution >= 0.6 is 11.6 Å². The highest BCUT2D eigenvalue weighted by molar-refractivity contribution is 6.33. The minimum atomic E-state index is -4.16. The van der Waals surface area contributed by atoms with Crippen LogP contribution in [0, 0.1) is 0 Å². The minimum Gasteiger partial charge on any atom is -0.352 e. The molecule has 0 saturated heterocycles. The molecule has 0 unspecified atom stereocenters. The van der Waals surface area contributed by atoms with Crippen molar-refractivity contribution < 1.29 is 18.0 Å². The lowest BCUT2D eigenvalue weighted by atomic mass is 10.2. The van der Waals surface area contributed by atoms with Crippen LogP contribution in [0.3, 0.4) is 0 Å². The highest BCUT2D eigenvalue weighted by Gasteiger charge is 2.25. The van der Waals surface area contributed by atoms with Crippen LogP contribution in [0.25, 0.3) is 0 Å². The Morgan fingerprint density at radius 2 is 2.10 bits per heavy atom. The van der Waals surface area contributed by atoms with Crippen LogP contribution in [0.1, 0.15) is 29.6 Å². The number of hydrogen-bond donors (Lipinski definition) is 3. The Morgan fingerprint density at radius 1 is 1.40 bits per heavy atom. The maximum Gasteiger partial charge on any atom is 0.389 e. The molecule has 0 aromatic carbocycles. The number of alkyl halides is 3. The van der Waals surface area contributed by atoms with Crippen molar-refractivity contribution in [2.45, 2.75) is 25.4 Å². The Kier molecular flexibility index (Phi) is 6.03. The fraction of sp³-hybridized carbons (Fsp3) is 0.455. The van der Waals surface area contributed by atoms with Gasteiger partial charge >= 0.3 is 6.18 Å². The van der Waals surface area contributed by atoms with Crippen LogP contribution < -0.4 is 16.6 Å². The van der Waals surface area contributed by atoms with Crippen LogP contribution in [0.4, 0.5) is 19.0 Å². The summed E-state index contributed by atoms with van der Waals surface area (Å²) >= 11 is 5.80. The fourth-order valence-electron chi connectivity index (χ4n) is 1.42. The van der Waals surface area contributed by atoms with E-state index in [1.807, 2.05) is 0 Å². The third kappa shape index (κ3) is 5.62. The monoisotopic (exact) mass is 310 g/mol. The van der Waals surface area contributed by atoms with Crippen molar-refractivity contribution in [1.29, 1.82) is 0 Å². The molecule has 0 atom stereocenters. The molecule has 1 rings (SSSR count). The maximum atomic E-state index is 11.9. The molecule has 9 heteroatoms. The first-order valence-electron chi connectivity index (χ1n) is 5.80. The molecule has 112 valence electrons. The highest BCUT2D eigenvalue weighted by Crippen LogP contribution is 2.22. The number of rotatable bonds is 6. The molecule has 0 aliphatic heterocycles. The lowest BCUT2D eigenvalue weighted by Crippen LogP contribution is -2.25. The number of nitrogens with one attached hydrogen (secondary N) is 2. The quantitative estimate of drug-likeness (QED) is 0.428. The Morgan fingerprint density at radius 3 is 2.65 bits per heavy atom. The van der Waals surface area contributed by atoms with E-state index in [-0.39, 0.29) is 35.8 Å². The average molecular weight is 311 g/mol. The van der Waals surface area contributed by atoms with Crippen molar-refractivity contribution in [3.63, 3.8) is 0 Å². The second-order valence-corrected chi connectivity index (χ2v) is 4.43. The van der Waals surface area contributed by atoms with Gasteiger partial charge in [-0.15, -0.1) is 0 Å². The number of nitrogens with zero attached hydrogens (tertiary/aromatic N) is 1. The summed E-state index contributed by atoms with van der Waals surface area (Å²) in [6.45, 7) is 0.156. The number of unbranched alkanes of at least 4 members (excludes halogenated alkanes) is 1. The Labute approximate surface area is 118 Å². The van der Waals surface area contributed by atoms with Crippen molar-refractivity contribution in [2.24, 2.45) is 5.84 Å². The first kappa shape index (κ1) is 16.5. The van der Waals surface area contributed by atoms with Gasteiger partial charge in [-0.25, -0.2) is 10.8 Å². The summed E-state index contributed by atoms with van der Waals surface area (Å²) < 4.78 is 35.7. The van der Waals surface area contributed by atoms with E-state index >= 15 is 0 Å². The first-order chi connectivity index (χ1) is 9.33. The Hall–Kier alpha value is -1.54. The van der Waals surface area contributed by atoms with Gasteiger partial charge in [0, 0.05) is 19.2 Å². The van der Waals surface area contributed by atoms with Crippen LogP contribution in [0.5, 0.6) is 0 Å². The molecule has 0 aliphatic carbocycles. The number of halogens is 4. The third-order valence-electron chi connectivity index (χ3n) is 2.41. The number of hydrogen-bond acceptors (Lipinski definition) is 4. The number of aromatic nitrogens is 1. The largest absolute Gasteiger partial charge is 0.389 e. The van der Waals surface area contributed by atoms with Gasteiger partial charge in [0.05, 0.1) is 10.6 Å². The Balaban J connectivity index is 2.38. The van der Waals surface area contributed by atoms with E-state index in [0.717, 1.165) is 0 Å². The fourth-order valence-corrected chi connectivity index (χ4v) is 1.64. The molecule has 1 aromatic rings. The van der Waals surface area contributed by atoms with E-state index in [2.05, 4.69) is 15.7 Å². The molecular formula is C11H14ClF3N4O. The predicted octanol–water partition coefficient (Wildman–Crippen LogP) is 2.48. The number of anilines is 1. The van der Waals surface area contributed by atoms with E-state index in [4.69, 9.17) is 17.4 Å². The number of carbonyl (C=O) groups is 1. The van der Waals surface area contributed by atoms with Gasteiger partial charge in [-0.1, -0.05) is 11.6 Å². The standard InChI is InChI=1S/C11H14ClF3N4O/c12-8-5-7(6-18-9(8)19-16)10(20)17-4-2-1-3-11(13,14)15/h5-6H,1-4,16H2,(H,17,20)(H,18,19). The van der Waals surface area contributed by atoms with E-state index in [1.54, 1.807) is 0 Å². The molecule has 0 bridgehead atoms. The Bertz CT molecular complexity index is 467. The molecule has 0 aliphatic rings. The zero-order valence-corrected chi connectivity index (χ0v) is 11.2. The summed E-state index contributed by atoms with van der Waals surface area (Å²) in [6, 6.07) is 1.37. The van der Waals surface area contributed by atoms with Gasteiger partial charge in [0.25, 0.3) is 5.91 Å². The summed E-state index contributed by atoms with van der Waals surface area (Å²) in [4.78, 5) is 15.5. The van der Waals surface area contributed by atoms with Gasteiger partial charge in [0.15, 0.2) is 5.82 Å². The first-order valence-corrected chi connectivity index (χ1v) is 6.18. The summed E-state index contributed by atoms with van der Waals surface area (Å²) in [5.74, 6) is 4.92. The number of nitrogen functional groups attached to an aromatic ring is 1. The lowest BCUT2D eigenvalue weighted by molar-refractivity contribution is -0.135. The van der Waals surface area contributed by atoms with Crippen LogP contribution in [-0.4, -0.2) is 23.6 Å². The van der Waals surface area contributed by atoms with Gasteiger partial charge in [-0.2, -0.15) is 13.2 Å². The zero-order chi connectivity index (χ0) is 15.2. The van der Waals surface area contributed by atoms with Crippen molar-refractivity contribution in [3.05, 3.63) is 22.8 Å². The molecule has 0 saturated carbocycles. The lowest BCUT2D eigenvalue weighted by Gasteiger charge is -2.08. The maximum absolute atomic E-state index is 11.9. The second kappa shape index (κ2) is 7.30. The van der Waals surface area contributed by atoms with E-state index in [1.165, 1.54) is 12.3 Å². The molecule has 4 N–H and O–H groups in total. The van der Waals surface area contributed by atoms with Crippen LogP contribution in [-0.2, 0) is 0 Å². The van der Waals surface area contributed by atoms with Crippen molar-refractivity contribution in [3.8, 4) is 0 Å². The molecule has 0 radical (unpaired) electrons. The molecular weight excluding hydrogens is 297 g/mol. The number of carbonyl (C=O) groups excluding carboxylic acids is 1. The van der Waals surface area contributed by atoms with Crippen molar-refractivity contribution in [2.75, 3.05) is 12.0 Å². The van der Waals surface area contributed by atoms with Crippen LogP contribution in [0.15, 0.2) is 12.3 Å².